The standard InChI is InChI=1S/C35H28.2C2H6/c1-23-19-21-24(22-20-23)25-12-10-18-32-33(25)26-11-4-5-13-27(26)35(32)30-16-8-6-14-28(30)34(2,3)29-15-7-9-17-31(29)35;2*1-2/h4-22H,1-3H3;2*1-2H3. The van der Waals surface area contributed by atoms with Crippen LogP contribution in [0.4, 0.5) is 0 Å². The van der Waals surface area contributed by atoms with E-state index in [4.69, 9.17) is 0 Å². The Hall–Kier alpha value is -3.90. The van der Waals surface area contributed by atoms with Crippen molar-refractivity contribution in [2.75, 3.05) is 0 Å². The first-order chi connectivity index (χ1) is 19.0. The summed E-state index contributed by atoms with van der Waals surface area (Å²) < 4.78 is 0. The lowest BCUT2D eigenvalue weighted by Gasteiger charge is -2.46. The molecule has 0 radical (unpaired) electrons. The molecule has 0 fully saturated rings. The highest BCUT2D eigenvalue weighted by Gasteiger charge is 2.53. The van der Waals surface area contributed by atoms with E-state index < -0.39 is 0 Å². The molecule has 1 spiro atoms. The molecule has 0 unspecified atom stereocenters. The SMILES string of the molecule is CC.CC.Cc1ccc(-c2cccc3c2-c2ccccc2C32c3ccccc3C(C)(C)c3ccccc32)cc1. The van der Waals surface area contributed by atoms with Crippen LogP contribution in [-0.4, -0.2) is 0 Å². The minimum atomic E-state index is -0.324. The van der Waals surface area contributed by atoms with Crippen LogP contribution in [0.2, 0.25) is 0 Å². The molecule has 0 amide bonds. The van der Waals surface area contributed by atoms with Gasteiger partial charge in [0.1, 0.15) is 0 Å². The van der Waals surface area contributed by atoms with Crippen molar-refractivity contribution in [1.82, 2.24) is 0 Å². The lowest BCUT2D eigenvalue weighted by Crippen LogP contribution is -2.40. The molecule has 7 rings (SSSR count). The Labute approximate surface area is 235 Å². The van der Waals surface area contributed by atoms with Gasteiger partial charge in [0.15, 0.2) is 0 Å². The maximum absolute atomic E-state index is 2.38. The van der Waals surface area contributed by atoms with Crippen LogP contribution >= 0.6 is 0 Å². The maximum atomic E-state index is 2.38. The summed E-state index contributed by atoms with van der Waals surface area (Å²) in [5.41, 5.74) is 14.7. The van der Waals surface area contributed by atoms with Crippen LogP contribution in [-0.2, 0) is 10.8 Å². The van der Waals surface area contributed by atoms with E-state index in [-0.39, 0.29) is 10.8 Å². The second-order valence-electron chi connectivity index (χ2n) is 10.6. The van der Waals surface area contributed by atoms with Crippen LogP contribution in [0.1, 0.15) is 80.5 Å². The summed E-state index contributed by atoms with van der Waals surface area (Å²) in [6, 6.07) is 43.3. The predicted octanol–water partition coefficient (Wildman–Crippen LogP) is 10.7. The third-order valence-electron chi connectivity index (χ3n) is 8.44. The van der Waals surface area contributed by atoms with Gasteiger partial charge in [-0.05, 0) is 62.6 Å². The third kappa shape index (κ3) is 3.73. The fourth-order valence-corrected chi connectivity index (χ4v) is 6.88. The van der Waals surface area contributed by atoms with Crippen LogP contribution in [0.15, 0.2) is 115 Å². The molecule has 0 saturated carbocycles. The Kier molecular flexibility index (Phi) is 7.08. The van der Waals surface area contributed by atoms with Crippen molar-refractivity contribution in [3.05, 3.63) is 154 Å². The number of hydrogen-bond donors (Lipinski definition) is 0. The van der Waals surface area contributed by atoms with Crippen molar-refractivity contribution in [3.63, 3.8) is 0 Å². The van der Waals surface area contributed by atoms with Gasteiger partial charge in [-0.25, -0.2) is 0 Å². The van der Waals surface area contributed by atoms with Crippen LogP contribution in [0.25, 0.3) is 22.3 Å². The number of rotatable bonds is 1. The summed E-state index contributed by atoms with van der Waals surface area (Å²) in [4.78, 5) is 0. The van der Waals surface area contributed by atoms with Gasteiger partial charge in [-0.1, -0.05) is 162 Å². The second-order valence-corrected chi connectivity index (χ2v) is 10.6. The van der Waals surface area contributed by atoms with Gasteiger partial charge >= 0.3 is 0 Å². The van der Waals surface area contributed by atoms with Crippen LogP contribution in [0.3, 0.4) is 0 Å². The van der Waals surface area contributed by atoms with E-state index in [1.807, 2.05) is 27.7 Å². The Bertz CT molecular complexity index is 1570. The fourth-order valence-electron chi connectivity index (χ4n) is 6.88. The van der Waals surface area contributed by atoms with Crippen molar-refractivity contribution in [2.45, 2.75) is 59.3 Å². The Balaban J connectivity index is 0.000000738. The molecule has 5 aromatic carbocycles. The first-order valence-corrected chi connectivity index (χ1v) is 14.5. The highest BCUT2D eigenvalue weighted by molar-refractivity contribution is 5.96. The molecule has 0 N–H and O–H groups in total. The van der Waals surface area contributed by atoms with Crippen molar-refractivity contribution < 1.29 is 0 Å². The van der Waals surface area contributed by atoms with Gasteiger partial charge in [0.2, 0.25) is 0 Å². The molecule has 196 valence electrons. The quantitative estimate of drug-likeness (QED) is 0.207. The maximum Gasteiger partial charge on any atom is 0.0719 e. The number of fused-ring (bicyclic) bond motifs is 9. The first kappa shape index (κ1) is 26.7. The smallest absolute Gasteiger partial charge is 0.0683 e. The lowest BCUT2D eigenvalue weighted by molar-refractivity contribution is 0.563. The van der Waals surface area contributed by atoms with Crippen molar-refractivity contribution >= 4 is 0 Å². The molecule has 2 aliphatic carbocycles. The summed E-state index contributed by atoms with van der Waals surface area (Å²) in [6.07, 6.45) is 0. The highest BCUT2D eigenvalue weighted by atomic mass is 14.5. The van der Waals surface area contributed by atoms with Crippen LogP contribution in [0, 0.1) is 6.92 Å². The third-order valence-corrected chi connectivity index (χ3v) is 8.44. The monoisotopic (exact) mass is 508 g/mol. The fraction of sp³-hybridized carbons (Fsp3) is 0.231. The Morgan fingerprint density at radius 3 is 1.41 bits per heavy atom. The molecule has 0 atom stereocenters. The lowest BCUT2D eigenvalue weighted by atomic mass is 9.55. The summed E-state index contributed by atoms with van der Waals surface area (Å²) in [6.45, 7) is 14.9. The summed E-state index contributed by atoms with van der Waals surface area (Å²) >= 11 is 0. The molecule has 0 heteroatoms. The molecule has 0 bridgehead atoms. The molecule has 5 aromatic rings. The average molecular weight is 509 g/mol. The van der Waals surface area contributed by atoms with Gasteiger partial charge in [-0.3, -0.25) is 0 Å². The molecule has 0 aliphatic heterocycles. The number of benzene rings is 5. The molecule has 0 aromatic heterocycles. The van der Waals surface area contributed by atoms with Crippen LogP contribution < -0.4 is 0 Å². The Morgan fingerprint density at radius 1 is 0.410 bits per heavy atom. The summed E-state index contributed by atoms with van der Waals surface area (Å²) in [7, 11) is 0. The van der Waals surface area contributed by atoms with Crippen molar-refractivity contribution in [3.8, 4) is 22.3 Å². The Morgan fingerprint density at radius 2 is 0.846 bits per heavy atom. The number of aryl methyl sites for hydroxylation is 1. The van der Waals surface area contributed by atoms with E-state index >= 15 is 0 Å². The predicted molar refractivity (Wildman–Crippen MR) is 169 cm³/mol. The van der Waals surface area contributed by atoms with Gasteiger partial charge in [0.25, 0.3) is 0 Å². The molecule has 39 heavy (non-hydrogen) atoms. The minimum Gasteiger partial charge on any atom is -0.0683 e. The van der Waals surface area contributed by atoms with E-state index in [1.54, 1.807) is 0 Å². The zero-order valence-electron chi connectivity index (χ0n) is 24.5. The van der Waals surface area contributed by atoms with E-state index in [0.29, 0.717) is 0 Å². The van der Waals surface area contributed by atoms with E-state index in [0.717, 1.165) is 0 Å². The molecule has 0 heterocycles. The minimum absolute atomic E-state index is 0.0648. The van der Waals surface area contributed by atoms with Crippen molar-refractivity contribution in [1.29, 1.82) is 0 Å². The summed E-state index contributed by atoms with van der Waals surface area (Å²) in [5, 5.41) is 0. The highest BCUT2D eigenvalue weighted by Crippen LogP contribution is 2.63. The van der Waals surface area contributed by atoms with E-state index in [1.165, 1.54) is 61.2 Å². The molecule has 0 saturated heterocycles. The van der Waals surface area contributed by atoms with Gasteiger partial charge in [-0.15, -0.1) is 0 Å². The van der Waals surface area contributed by atoms with Gasteiger partial charge in [0.05, 0.1) is 5.41 Å². The zero-order chi connectivity index (χ0) is 27.8. The van der Waals surface area contributed by atoms with E-state index in [2.05, 4.69) is 136 Å². The largest absolute Gasteiger partial charge is 0.0719 e. The van der Waals surface area contributed by atoms with Gasteiger partial charge < -0.3 is 0 Å². The molecule has 0 nitrogen and oxygen atoms in total. The van der Waals surface area contributed by atoms with Crippen molar-refractivity contribution in [2.24, 2.45) is 0 Å². The zero-order valence-corrected chi connectivity index (χ0v) is 24.5. The number of hydrogen-bond acceptors (Lipinski definition) is 0. The average Bonchev–Trinajstić information content (AvgIpc) is 3.30. The van der Waals surface area contributed by atoms with Gasteiger partial charge in [0, 0.05) is 5.41 Å². The van der Waals surface area contributed by atoms with Gasteiger partial charge in [-0.2, -0.15) is 0 Å². The molecular weight excluding hydrogens is 468 g/mol. The topological polar surface area (TPSA) is 0 Å². The first-order valence-electron chi connectivity index (χ1n) is 14.5. The second kappa shape index (κ2) is 10.3. The molecule has 2 aliphatic rings. The van der Waals surface area contributed by atoms with Crippen LogP contribution in [0.5, 0.6) is 0 Å². The summed E-state index contributed by atoms with van der Waals surface area (Å²) in [5.74, 6) is 0. The normalized spacial score (nSPS) is 14.4. The molecular formula is C39H40. The van der Waals surface area contributed by atoms with E-state index in [9.17, 15) is 0 Å².